The van der Waals surface area contributed by atoms with Gasteiger partial charge in [0.05, 0.1) is 5.69 Å². The summed E-state index contributed by atoms with van der Waals surface area (Å²) in [7, 11) is 0. The van der Waals surface area contributed by atoms with Crippen LogP contribution in [0.2, 0.25) is 0 Å². The summed E-state index contributed by atoms with van der Waals surface area (Å²) in [6.45, 7) is 3.81. The number of amides is 1. The van der Waals surface area contributed by atoms with Gasteiger partial charge in [-0.15, -0.1) is 0 Å². The second-order valence-electron chi connectivity index (χ2n) is 4.58. The molecule has 2 rings (SSSR count). The van der Waals surface area contributed by atoms with Gasteiger partial charge in [0.25, 0.3) is 5.91 Å². The molecule has 5 heteroatoms. The molecule has 0 heterocycles. The van der Waals surface area contributed by atoms with Gasteiger partial charge >= 0.3 is 0 Å². The lowest BCUT2D eigenvalue weighted by atomic mass is 10.1. The van der Waals surface area contributed by atoms with Gasteiger partial charge in [-0.25, -0.2) is 8.78 Å². The summed E-state index contributed by atoms with van der Waals surface area (Å²) in [5, 5.41) is 2.46. The average molecular weight is 276 g/mol. The summed E-state index contributed by atoms with van der Waals surface area (Å²) in [5.74, 6) is -2.86. The summed E-state index contributed by atoms with van der Waals surface area (Å²) in [5.41, 5.74) is 6.90. The summed E-state index contributed by atoms with van der Waals surface area (Å²) in [6, 6.07) is 7.26. The molecule has 0 aliphatic heterocycles. The fourth-order valence-corrected chi connectivity index (χ4v) is 1.79. The Morgan fingerprint density at radius 3 is 2.45 bits per heavy atom. The third kappa shape index (κ3) is 2.61. The molecule has 2 aromatic carbocycles. The largest absolute Gasteiger partial charge is 0.396 e. The van der Waals surface area contributed by atoms with Gasteiger partial charge in [0, 0.05) is 5.69 Å². The molecule has 2 aromatic rings. The maximum absolute atomic E-state index is 13.7. The van der Waals surface area contributed by atoms with Crippen molar-refractivity contribution in [3.8, 4) is 0 Å². The number of aryl methyl sites for hydroxylation is 2. The molecule has 0 spiro atoms. The molecule has 0 aliphatic carbocycles. The van der Waals surface area contributed by atoms with Gasteiger partial charge < -0.3 is 11.1 Å². The predicted molar refractivity (Wildman–Crippen MR) is 74.6 cm³/mol. The van der Waals surface area contributed by atoms with Crippen LogP contribution in [0.25, 0.3) is 0 Å². The van der Waals surface area contributed by atoms with Crippen LogP contribution in [-0.2, 0) is 0 Å². The molecule has 3 nitrogen and oxygen atoms in total. The van der Waals surface area contributed by atoms with Crippen molar-refractivity contribution in [2.45, 2.75) is 13.8 Å². The van der Waals surface area contributed by atoms with Crippen molar-refractivity contribution in [2.75, 3.05) is 11.1 Å². The van der Waals surface area contributed by atoms with E-state index in [1.165, 1.54) is 0 Å². The summed E-state index contributed by atoms with van der Waals surface area (Å²) < 4.78 is 27.3. The maximum Gasteiger partial charge on any atom is 0.261 e. The molecular weight excluding hydrogens is 262 g/mol. The van der Waals surface area contributed by atoms with E-state index in [-0.39, 0.29) is 5.69 Å². The van der Waals surface area contributed by atoms with Crippen molar-refractivity contribution in [3.05, 3.63) is 58.7 Å². The number of benzene rings is 2. The van der Waals surface area contributed by atoms with Crippen molar-refractivity contribution in [3.63, 3.8) is 0 Å². The fourth-order valence-electron chi connectivity index (χ4n) is 1.79. The molecule has 0 aliphatic rings. The Labute approximate surface area is 115 Å². The van der Waals surface area contributed by atoms with Crippen LogP contribution in [0.15, 0.2) is 30.3 Å². The first-order chi connectivity index (χ1) is 9.40. The number of carbonyl (C=O) groups excluding carboxylic acids is 1. The number of nitrogen functional groups attached to an aromatic ring is 1. The third-order valence-electron chi connectivity index (χ3n) is 3.11. The van der Waals surface area contributed by atoms with Gasteiger partial charge in [0.2, 0.25) is 0 Å². The Bertz CT molecular complexity index is 684. The minimum atomic E-state index is -1.05. The molecule has 20 heavy (non-hydrogen) atoms. The van der Waals surface area contributed by atoms with Gasteiger partial charge in [0.1, 0.15) is 11.4 Å². The fraction of sp³-hybridized carbons (Fsp3) is 0.133. The number of nitrogens with two attached hydrogens (primary N) is 1. The number of hydrogen-bond acceptors (Lipinski definition) is 2. The molecule has 3 N–H and O–H groups in total. The van der Waals surface area contributed by atoms with Crippen molar-refractivity contribution >= 4 is 17.3 Å². The highest BCUT2D eigenvalue weighted by Gasteiger charge is 2.19. The van der Waals surface area contributed by atoms with Crippen molar-refractivity contribution < 1.29 is 13.6 Å². The molecule has 0 atom stereocenters. The van der Waals surface area contributed by atoms with E-state index in [1.807, 2.05) is 19.9 Å². The highest BCUT2D eigenvalue weighted by molar-refractivity contribution is 6.05. The number of nitrogens with one attached hydrogen (secondary N) is 1. The Morgan fingerprint density at radius 2 is 1.80 bits per heavy atom. The van der Waals surface area contributed by atoms with E-state index in [0.29, 0.717) is 5.69 Å². The van der Waals surface area contributed by atoms with Crippen LogP contribution in [0.1, 0.15) is 21.5 Å². The second kappa shape index (κ2) is 5.28. The van der Waals surface area contributed by atoms with Crippen LogP contribution in [0.4, 0.5) is 20.2 Å². The zero-order valence-electron chi connectivity index (χ0n) is 11.1. The minimum absolute atomic E-state index is 0.267. The molecule has 1 amide bonds. The lowest BCUT2D eigenvalue weighted by molar-refractivity contribution is 0.101. The number of rotatable bonds is 2. The minimum Gasteiger partial charge on any atom is -0.396 e. The Kier molecular flexibility index (Phi) is 3.70. The monoisotopic (exact) mass is 276 g/mol. The summed E-state index contributed by atoms with van der Waals surface area (Å²) >= 11 is 0. The van der Waals surface area contributed by atoms with Crippen LogP contribution < -0.4 is 11.1 Å². The Morgan fingerprint density at radius 1 is 1.10 bits per heavy atom. The van der Waals surface area contributed by atoms with Gasteiger partial charge in [-0.2, -0.15) is 0 Å². The van der Waals surface area contributed by atoms with E-state index in [1.54, 1.807) is 12.1 Å². The molecule has 0 radical (unpaired) electrons. The highest BCUT2D eigenvalue weighted by atomic mass is 19.1. The standard InChI is InChI=1S/C15H14F2N2O/c1-8-3-4-10(7-9(8)2)19-15(20)13-11(16)5-6-12(18)14(13)17/h3-7H,18H2,1-2H3,(H,19,20). The van der Waals surface area contributed by atoms with Crippen LogP contribution in [0.5, 0.6) is 0 Å². The van der Waals surface area contributed by atoms with Crippen molar-refractivity contribution in [2.24, 2.45) is 0 Å². The molecule has 104 valence electrons. The zero-order chi connectivity index (χ0) is 14.9. The zero-order valence-corrected chi connectivity index (χ0v) is 11.1. The number of carbonyl (C=O) groups is 1. The first-order valence-corrected chi connectivity index (χ1v) is 6.02. The molecule has 0 bridgehead atoms. The van der Waals surface area contributed by atoms with E-state index >= 15 is 0 Å². The number of halogens is 2. The lowest BCUT2D eigenvalue weighted by Crippen LogP contribution is -2.17. The lowest BCUT2D eigenvalue weighted by Gasteiger charge is -2.10. The molecule has 0 aromatic heterocycles. The van der Waals surface area contributed by atoms with E-state index in [9.17, 15) is 13.6 Å². The predicted octanol–water partition coefficient (Wildman–Crippen LogP) is 3.42. The summed E-state index contributed by atoms with van der Waals surface area (Å²) in [6.07, 6.45) is 0. The van der Waals surface area contributed by atoms with Gasteiger partial charge in [-0.05, 0) is 49.2 Å². The van der Waals surface area contributed by atoms with Crippen LogP contribution >= 0.6 is 0 Å². The van der Waals surface area contributed by atoms with Gasteiger partial charge in [0.15, 0.2) is 5.82 Å². The molecule has 0 saturated carbocycles. The van der Waals surface area contributed by atoms with Gasteiger partial charge in [-0.1, -0.05) is 6.07 Å². The highest BCUT2D eigenvalue weighted by Crippen LogP contribution is 2.21. The average Bonchev–Trinajstić information content (AvgIpc) is 2.39. The maximum atomic E-state index is 13.7. The molecule has 0 saturated heterocycles. The third-order valence-corrected chi connectivity index (χ3v) is 3.11. The molecule has 0 fully saturated rings. The molecule has 0 unspecified atom stereocenters. The van der Waals surface area contributed by atoms with Crippen molar-refractivity contribution in [1.82, 2.24) is 0 Å². The van der Waals surface area contributed by atoms with E-state index in [4.69, 9.17) is 5.73 Å². The van der Waals surface area contributed by atoms with Crippen LogP contribution in [0.3, 0.4) is 0 Å². The first-order valence-electron chi connectivity index (χ1n) is 6.02. The van der Waals surface area contributed by atoms with E-state index < -0.39 is 23.1 Å². The quantitative estimate of drug-likeness (QED) is 0.826. The van der Waals surface area contributed by atoms with Crippen LogP contribution in [0, 0.1) is 25.5 Å². The van der Waals surface area contributed by atoms with E-state index in [2.05, 4.69) is 5.32 Å². The first kappa shape index (κ1) is 14.0. The topological polar surface area (TPSA) is 55.1 Å². The number of anilines is 2. The molecular formula is C15H14F2N2O. The Hall–Kier alpha value is -2.43. The van der Waals surface area contributed by atoms with Crippen LogP contribution in [-0.4, -0.2) is 5.91 Å². The summed E-state index contributed by atoms with van der Waals surface area (Å²) in [4.78, 5) is 12.0. The normalized spacial score (nSPS) is 10.4. The Balaban J connectivity index is 2.33. The van der Waals surface area contributed by atoms with E-state index in [0.717, 1.165) is 23.3 Å². The van der Waals surface area contributed by atoms with Crippen molar-refractivity contribution in [1.29, 1.82) is 0 Å². The smallest absolute Gasteiger partial charge is 0.261 e. The SMILES string of the molecule is Cc1ccc(NC(=O)c2c(F)ccc(N)c2F)cc1C. The number of hydrogen-bond donors (Lipinski definition) is 2. The van der Waals surface area contributed by atoms with Gasteiger partial charge in [-0.3, -0.25) is 4.79 Å². The second-order valence-corrected chi connectivity index (χ2v) is 4.58.